The minimum absolute atomic E-state index is 0.108. The van der Waals surface area contributed by atoms with Crippen molar-refractivity contribution in [3.63, 3.8) is 0 Å². The Balaban J connectivity index is 4.92. The van der Waals surface area contributed by atoms with E-state index in [1.165, 1.54) is 0 Å². The molecule has 0 fully saturated rings. The van der Waals surface area contributed by atoms with E-state index < -0.39 is 0 Å². The van der Waals surface area contributed by atoms with Crippen LogP contribution in [0.2, 0.25) is 0 Å². The van der Waals surface area contributed by atoms with E-state index in [0.29, 0.717) is 17.8 Å². The predicted octanol–water partition coefficient (Wildman–Crippen LogP) is -0.935. The minimum atomic E-state index is -0.114. The van der Waals surface area contributed by atoms with E-state index in [-0.39, 0.29) is 11.9 Å². The fraction of sp³-hybridized carbons (Fsp3) is 0.500. The van der Waals surface area contributed by atoms with Crippen LogP contribution in [0.5, 0.6) is 0 Å². The Hall–Kier alpha value is -2.12. The number of hydrogen-bond donors (Lipinski definition) is 4. The summed E-state index contributed by atoms with van der Waals surface area (Å²) in [5.74, 6) is -0.222. The smallest absolute Gasteiger partial charge is 0.211 e. The van der Waals surface area contributed by atoms with Gasteiger partial charge in [0.1, 0.15) is 0 Å². The van der Waals surface area contributed by atoms with Gasteiger partial charge in [0.05, 0.1) is 11.4 Å². The molecule has 0 aromatic rings. The summed E-state index contributed by atoms with van der Waals surface area (Å²) in [5, 5.41) is 14.7. The predicted molar refractivity (Wildman–Crippen MR) is 67.1 cm³/mol. The van der Waals surface area contributed by atoms with E-state index in [1.54, 1.807) is 6.92 Å². The zero-order chi connectivity index (χ0) is 12.6. The second-order valence-corrected chi connectivity index (χ2v) is 3.03. The van der Waals surface area contributed by atoms with Crippen molar-refractivity contribution in [1.29, 1.82) is 0 Å². The quantitative estimate of drug-likeness (QED) is 0.271. The van der Waals surface area contributed by atoms with Crippen LogP contribution in [0.3, 0.4) is 0 Å². The molecule has 0 unspecified atom stereocenters. The van der Waals surface area contributed by atoms with Crippen molar-refractivity contribution in [2.24, 2.45) is 43.3 Å². The van der Waals surface area contributed by atoms with E-state index >= 15 is 0 Å². The molecule has 0 heterocycles. The van der Waals surface area contributed by atoms with Gasteiger partial charge in [-0.25, -0.2) is 0 Å². The molecule has 0 amide bonds. The maximum atomic E-state index is 5.17. The van der Waals surface area contributed by atoms with Crippen molar-refractivity contribution in [3.05, 3.63) is 0 Å². The van der Waals surface area contributed by atoms with Crippen LogP contribution in [-0.2, 0) is 0 Å². The van der Waals surface area contributed by atoms with E-state index in [2.05, 4.69) is 20.4 Å². The summed E-state index contributed by atoms with van der Waals surface area (Å²) in [7, 11) is 0. The monoisotopic (exact) mass is 226 g/mol. The summed E-state index contributed by atoms with van der Waals surface area (Å²) in [6.45, 7) is 3.72. The van der Waals surface area contributed by atoms with Crippen molar-refractivity contribution < 1.29 is 0 Å². The molecule has 0 atom stereocenters. The van der Waals surface area contributed by atoms with Crippen molar-refractivity contribution in [3.8, 4) is 0 Å². The van der Waals surface area contributed by atoms with E-state index in [0.717, 1.165) is 6.42 Å². The molecule has 0 aliphatic rings. The van der Waals surface area contributed by atoms with Crippen LogP contribution in [0.1, 0.15) is 26.7 Å². The van der Waals surface area contributed by atoms with Gasteiger partial charge >= 0.3 is 0 Å². The Morgan fingerprint density at radius 2 is 1.38 bits per heavy atom. The summed E-state index contributed by atoms with van der Waals surface area (Å²) in [5.41, 5.74) is 21.9. The van der Waals surface area contributed by atoms with Crippen LogP contribution >= 0.6 is 0 Å². The second kappa shape index (κ2) is 7.21. The highest BCUT2D eigenvalue weighted by Crippen LogP contribution is 1.97. The first-order chi connectivity index (χ1) is 7.47. The second-order valence-electron chi connectivity index (χ2n) is 3.03. The lowest BCUT2D eigenvalue weighted by atomic mass is 10.1. The van der Waals surface area contributed by atoms with E-state index in [1.807, 2.05) is 6.92 Å². The van der Waals surface area contributed by atoms with Crippen molar-refractivity contribution in [1.82, 2.24) is 0 Å². The molecule has 0 spiro atoms. The third-order valence-corrected chi connectivity index (χ3v) is 1.51. The molecule has 0 aliphatic carbocycles. The summed E-state index contributed by atoms with van der Waals surface area (Å²) in [6, 6.07) is 0. The number of nitrogens with two attached hydrogens (primary N) is 4. The minimum Gasteiger partial charge on any atom is -0.369 e. The standard InChI is InChI=1S/C8H18N8/c1-3-4-6(14-16-8(11)12)5(2)13-15-7(9)10/h3-4H2,1-2H3,(H4,9,10,15)(H4,11,12,16). The maximum Gasteiger partial charge on any atom is 0.211 e. The molecule has 0 saturated carbocycles. The molecule has 0 rings (SSSR count). The van der Waals surface area contributed by atoms with Crippen molar-refractivity contribution in [2.75, 3.05) is 0 Å². The van der Waals surface area contributed by atoms with Gasteiger partial charge in [0.15, 0.2) is 0 Å². The highest BCUT2D eigenvalue weighted by atomic mass is 15.3. The normalized spacial score (nSPS) is 12.1. The van der Waals surface area contributed by atoms with Crippen molar-refractivity contribution >= 4 is 23.3 Å². The number of hydrogen-bond acceptors (Lipinski definition) is 4. The zero-order valence-electron chi connectivity index (χ0n) is 9.51. The summed E-state index contributed by atoms with van der Waals surface area (Å²) < 4.78 is 0. The molecule has 0 aromatic carbocycles. The average molecular weight is 226 g/mol. The van der Waals surface area contributed by atoms with Gasteiger partial charge in [-0.2, -0.15) is 10.2 Å². The Labute approximate surface area is 94.2 Å². The molecular formula is C8H18N8. The van der Waals surface area contributed by atoms with Gasteiger partial charge in [-0.3, -0.25) is 0 Å². The van der Waals surface area contributed by atoms with E-state index in [9.17, 15) is 0 Å². The number of guanidine groups is 2. The van der Waals surface area contributed by atoms with Crippen LogP contribution in [0, 0.1) is 0 Å². The van der Waals surface area contributed by atoms with Crippen LogP contribution in [0.25, 0.3) is 0 Å². The zero-order valence-corrected chi connectivity index (χ0v) is 9.51. The molecule has 0 aromatic heterocycles. The van der Waals surface area contributed by atoms with Gasteiger partial charge in [-0.1, -0.05) is 13.3 Å². The van der Waals surface area contributed by atoms with Gasteiger partial charge in [-0.05, 0) is 13.3 Å². The Morgan fingerprint density at radius 1 is 0.875 bits per heavy atom. The van der Waals surface area contributed by atoms with Crippen molar-refractivity contribution in [2.45, 2.75) is 26.7 Å². The van der Waals surface area contributed by atoms with Crippen LogP contribution in [0.15, 0.2) is 20.4 Å². The lowest BCUT2D eigenvalue weighted by Gasteiger charge is -2.00. The molecule has 0 saturated heterocycles. The number of rotatable bonds is 5. The van der Waals surface area contributed by atoms with Gasteiger partial charge in [0.2, 0.25) is 11.9 Å². The van der Waals surface area contributed by atoms with Gasteiger partial charge in [0, 0.05) is 0 Å². The molecule has 0 aliphatic heterocycles. The summed E-state index contributed by atoms with van der Waals surface area (Å²) in [4.78, 5) is 0. The molecule has 8 nitrogen and oxygen atoms in total. The highest BCUT2D eigenvalue weighted by Gasteiger charge is 2.02. The summed E-state index contributed by atoms with van der Waals surface area (Å²) >= 11 is 0. The fourth-order valence-corrected chi connectivity index (χ4v) is 0.849. The first-order valence-corrected chi connectivity index (χ1v) is 4.76. The largest absolute Gasteiger partial charge is 0.369 e. The van der Waals surface area contributed by atoms with Crippen LogP contribution in [-0.4, -0.2) is 23.3 Å². The lowest BCUT2D eigenvalue weighted by Crippen LogP contribution is -2.23. The maximum absolute atomic E-state index is 5.17. The van der Waals surface area contributed by atoms with Gasteiger partial charge in [-0.15, -0.1) is 10.2 Å². The van der Waals surface area contributed by atoms with Gasteiger partial charge in [0.25, 0.3) is 0 Å². The lowest BCUT2D eigenvalue weighted by molar-refractivity contribution is 0.987. The first kappa shape index (κ1) is 13.9. The van der Waals surface area contributed by atoms with Crippen LogP contribution in [0.4, 0.5) is 0 Å². The fourth-order valence-electron chi connectivity index (χ4n) is 0.849. The molecule has 90 valence electrons. The molecule has 0 radical (unpaired) electrons. The SMILES string of the molecule is CCCC(=NN=C(N)N)C(C)=NN=C(N)N. The van der Waals surface area contributed by atoms with Gasteiger partial charge < -0.3 is 22.9 Å². The van der Waals surface area contributed by atoms with Crippen LogP contribution < -0.4 is 22.9 Å². The third kappa shape index (κ3) is 6.35. The average Bonchev–Trinajstić information content (AvgIpc) is 2.20. The highest BCUT2D eigenvalue weighted by molar-refractivity contribution is 6.41. The summed E-state index contributed by atoms with van der Waals surface area (Å²) in [6.07, 6.45) is 1.57. The Kier molecular flexibility index (Phi) is 6.25. The molecule has 16 heavy (non-hydrogen) atoms. The number of nitrogens with zero attached hydrogens (tertiary/aromatic N) is 4. The van der Waals surface area contributed by atoms with E-state index in [4.69, 9.17) is 22.9 Å². The molecule has 0 bridgehead atoms. The molecule has 8 heteroatoms. The molecular weight excluding hydrogens is 208 g/mol. The first-order valence-electron chi connectivity index (χ1n) is 4.76. The third-order valence-electron chi connectivity index (χ3n) is 1.51. The topological polar surface area (TPSA) is 154 Å². The Morgan fingerprint density at radius 3 is 1.81 bits per heavy atom. The Bertz CT molecular complexity index is 330. The molecule has 8 N–H and O–H groups in total.